The van der Waals surface area contributed by atoms with E-state index in [9.17, 15) is 14.9 Å². The van der Waals surface area contributed by atoms with Crippen molar-refractivity contribution in [3.8, 4) is 6.07 Å². The summed E-state index contributed by atoms with van der Waals surface area (Å²) in [5.41, 5.74) is 2.71. The fourth-order valence-corrected chi connectivity index (χ4v) is 4.84. The molecule has 0 bridgehead atoms. The van der Waals surface area contributed by atoms with Crippen LogP contribution in [-0.2, 0) is 22.4 Å². The first-order valence-corrected chi connectivity index (χ1v) is 9.73. The Hall–Kier alpha value is -2.35. The van der Waals surface area contributed by atoms with Gasteiger partial charge in [-0.3, -0.25) is 9.59 Å². The summed E-state index contributed by atoms with van der Waals surface area (Å²) in [4.78, 5) is 29.3. The van der Waals surface area contributed by atoms with Crippen molar-refractivity contribution in [1.29, 1.82) is 5.26 Å². The Balaban J connectivity index is 1.40. The molecule has 2 saturated heterocycles. The van der Waals surface area contributed by atoms with E-state index in [0.717, 1.165) is 38.5 Å². The van der Waals surface area contributed by atoms with Crippen LogP contribution in [-0.4, -0.2) is 46.8 Å². The first kappa shape index (κ1) is 17.1. The van der Waals surface area contributed by atoms with Crippen LogP contribution in [0.5, 0.6) is 0 Å². The van der Waals surface area contributed by atoms with Gasteiger partial charge in [0, 0.05) is 19.5 Å². The molecule has 5 heteroatoms. The number of carbonyl (C=O) groups is 2. The lowest BCUT2D eigenvalue weighted by Gasteiger charge is -2.30. The molecule has 2 atom stereocenters. The van der Waals surface area contributed by atoms with E-state index in [1.165, 1.54) is 11.1 Å². The third kappa shape index (κ3) is 3.09. The molecular weight excluding hydrogens is 326 g/mol. The van der Waals surface area contributed by atoms with Crippen molar-refractivity contribution in [3.63, 3.8) is 0 Å². The third-order valence-corrected chi connectivity index (χ3v) is 6.14. The molecule has 136 valence electrons. The van der Waals surface area contributed by atoms with Crippen molar-refractivity contribution >= 4 is 11.8 Å². The van der Waals surface area contributed by atoms with Crippen molar-refractivity contribution in [2.24, 2.45) is 5.92 Å². The standard InChI is InChI=1S/C21H25N3O2/c22-14-18-7-3-9-23(18)21(26)19-8-4-10-24(19)20(25)13-15-11-16-5-1-2-6-17(16)12-15/h1-2,5-6,15,18-19H,3-4,7-13H2/t18-,19-/m0/s1. The average Bonchev–Trinajstić information content (AvgIpc) is 3.38. The van der Waals surface area contributed by atoms with Gasteiger partial charge in [0.25, 0.3) is 0 Å². The first-order valence-electron chi connectivity index (χ1n) is 9.73. The normalized spacial score (nSPS) is 25.3. The maximum absolute atomic E-state index is 12.9. The van der Waals surface area contributed by atoms with Crippen LogP contribution in [0, 0.1) is 17.2 Å². The van der Waals surface area contributed by atoms with Gasteiger partial charge in [-0.25, -0.2) is 0 Å². The zero-order chi connectivity index (χ0) is 18.1. The lowest BCUT2D eigenvalue weighted by atomic mass is 10.0. The lowest BCUT2D eigenvalue weighted by Crippen LogP contribution is -2.49. The van der Waals surface area contributed by atoms with Gasteiger partial charge in [0.2, 0.25) is 11.8 Å². The van der Waals surface area contributed by atoms with Gasteiger partial charge < -0.3 is 9.80 Å². The largest absolute Gasteiger partial charge is 0.331 e. The summed E-state index contributed by atoms with van der Waals surface area (Å²) in [6.45, 7) is 1.31. The quantitative estimate of drug-likeness (QED) is 0.839. The summed E-state index contributed by atoms with van der Waals surface area (Å²) >= 11 is 0. The molecule has 0 unspecified atom stereocenters. The van der Waals surface area contributed by atoms with Gasteiger partial charge in [-0.2, -0.15) is 5.26 Å². The smallest absolute Gasteiger partial charge is 0.246 e. The Labute approximate surface area is 154 Å². The van der Waals surface area contributed by atoms with Gasteiger partial charge in [-0.05, 0) is 55.6 Å². The molecule has 26 heavy (non-hydrogen) atoms. The number of benzene rings is 1. The Morgan fingerprint density at radius 2 is 1.69 bits per heavy atom. The second kappa shape index (κ2) is 7.11. The molecule has 0 aromatic heterocycles. The first-order chi connectivity index (χ1) is 12.7. The van der Waals surface area contributed by atoms with Crippen molar-refractivity contribution in [2.75, 3.05) is 13.1 Å². The van der Waals surface area contributed by atoms with Gasteiger partial charge in [-0.1, -0.05) is 24.3 Å². The molecule has 1 aromatic carbocycles. The zero-order valence-electron chi connectivity index (χ0n) is 15.1. The number of nitriles is 1. The van der Waals surface area contributed by atoms with Gasteiger partial charge in [-0.15, -0.1) is 0 Å². The van der Waals surface area contributed by atoms with Crippen LogP contribution in [0.1, 0.15) is 43.2 Å². The molecule has 3 aliphatic rings. The summed E-state index contributed by atoms with van der Waals surface area (Å²) < 4.78 is 0. The van der Waals surface area contributed by atoms with E-state index in [1.807, 2.05) is 0 Å². The van der Waals surface area contributed by atoms with Gasteiger partial charge in [0.05, 0.1) is 6.07 Å². The van der Waals surface area contributed by atoms with E-state index in [4.69, 9.17) is 0 Å². The molecule has 2 heterocycles. The Morgan fingerprint density at radius 3 is 2.38 bits per heavy atom. The number of rotatable bonds is 3. The van der Waals surface area contributed by atoms with Crippen LogP contribution in [0.2, 0.25) is 0 Å². The summed E-state index contributed by atoms with van der Waals surface area (Å²) in [7, 11) is 0. The number of fused-ring (bicyclic) bond motifs is 1. The maximum atomic E-state index is 12.9. The van der Waals surface area contributed by atoms with E-state index in [1.54, 1.807) is 9.80 Å². The van der Waals surface area contributed by atoms with E-state index < -0.39 is 0 Å². The van der Waals surface area contributed by atoms with Crippen LogP contribution in [0.15, 0.2) is 24.3 Å². The molecule has 0 saturated carbocycles. The van der Waals surface area contributed by atoms with E-state index in [-0.39, 0.29) is 23.9 Å². The van der Waals surface area contributed by atoms with E-state index >= 15 is 0 Å². The molecule has 1 aromatic rings. The minimum absolute atomic E-state index is 0.0189. The zero-order valence-corrected chi connectivity index (χ0v) is 15.1. The minimum Gasteiger partial charge on any atom is -0.331 e. The lowest BCUT2D eigenvalue weighted by molar-refractivity contribution is -0.144. The average molecular weight is 351 g/mol. The molecule has 4 rings (SSSR count). The summed E-state index contributed by atoms with van der Waals surface area (Å²) in [5, 5.41) is 9.25. The Morgan fingerprint density at radius 1 is 1.04 bits per heavy atom. The molecule has 0 spiro atoms. The molecular formula is C21H25N3O2. The van der Waals surface area contributed by atoms with Crippen LogP contribution in [0.25, 0.3) is 0 Å². The highest BCUT2D eigenvalue weighted by atomic mass is 16.2. The van der Waals surface area contributed by atoms with Crippen molar-refractivity contribution in [2.45, 2.75) is 57.0 Å². The van der Waals surface area contributed by atoms with E-state index in [2.05, 4.69) is 30.3 Å². The molecule has 5 nitrogen and oxygen atoms in total. The maximum Gasteiger partial charge on any atom is 0.246 e. The van der Waals surface area contributed by atoms with Crippen LogP contribution >= 0.6 is 0 Å². The molecule has 2 fully saturated rings. The van der Waals surface area contributed by atoms with Crippen molar-refractivity contribution in [3.05, 3.63) is 35.4 Å². The highest BCUT2D eigenvalue weighted by molar-refractivity contribution is 5.89. The molecule has 2 aliphatic heterocycles. The summed E-state index contributed by atoms with van der Waals surface area (Å²) in [6, 6.07) is 9.97. The molecule has 0 N–H and O–H groups in total. The predicted molar refractivity (Wildman–Crippen MR) is 97.0 cm³/mol. The van der Waals surface area contributed by atoms with Gasteiger partial charge in [0.1, 0.15) is 12.1 Å². The van der Waals surface area contributed by atoms with Crippen LogP contribution < -0.4 is 0 Å². The fourth-order valence-electron chi connectivity index (χ4n) is 4.84. The SMILES string of the molecule is N#C[C@@H]1CCCN1C(=O)[C@@H]1CCCN1C(=O)CC1Cc2ccccc2C1. The highest BCUT2D eigenvalue weighted by Gasteiger charge is 2.40. The van der Waals surface area contributed by atoms with Crippen LogP contribution in [0.3, 0.4) is 0 Å². The van der Waals surface area contributed by atoms with Crippen LogP contribution in [0.4, 0.5) is 0 Å². The third-order valence-electron chi connectivity index (χ3n) is 6.14. The number of carbonyl (C=O) groups excluding carboxylic acids is 2. The van der Waals surface area contributed by atoms with E-state index in [0.29, 0.717) is 25.4 Å². The minimum atomic E-state index is -0.361. The topological polar surface area (TPSA) is 64.4 Å². The molecule has 2 amide bonds. The predicted octanol–water partition coefficient (Wildman–Crippen LogP) is 2.30. The Bertz CT molecular complexity index is 729. The summed E-state index contributed by atoms with van der Waals surface area (Å²) in [6.07, 6.45) is 5.66. The van der Waals surface area contributed by atoms with Gasteiger partial charge in [0.15, 0.2) is 0 Å². The Kier molecular flexibility index (Phi) is 4.67. The fraction of sp³-hybridized carbons (Fsp3) is 0.571. The molecule has 1 aliphatic carbocycles. The van der Waals surface area contributed by atoms with Crippen molar-refractivity contribution in [1.82, 2.24) is 9.80 Å². The second-order valence-corrected chi connectivity index (χ2v) is 7.81. The number of hydrogen-bond acceptors (Lipinski definition) is 3. The van der Waals surface area contributed by atoms with Crippen molar-refractivity contribution < 1.29 is 9.59 Å². The highest BCUT2D eigenvalue weighted by Crippen LogP contribution is 2.31. The monoisotopic (exact) mass is 351 g/mol. The number of amides is 2. The molecule has 0 radical (unpaired) electrons. The second-order valence-electron chi connectivity index (χ2n) is 7.81. The summed E-state index contributed by atoms with van der Waals surface area (Å²) in [5.74, 6) is 0.427. The number of likely N-dealkylation sites (tertiary alicyclic amines) is 2. The number of hydrogen-bond donors (Lipinski definition) is 0. The van der Waals surface area contributed by atoms with Gasteiger partial charge >= 0.3 is 0 Å². The number of nitrogens with zero attached hydrogens (tertiary/aromatic N) is 3.